The van der Waals surface area contributed by atoms with Gasteiger partial charge in [-0.2, -0.15) is 0 Å². The second-order valence-corrected chi connectivity index (χ2v) is 3.99. The zero-order chi connectivity index (χ0) is 9.97. The fraction of sp³-hybridized carbons (Fsp3) is 0.500. The zero-order valence-corrected chi connectivity index (χ0v) is 8.62. The molecule has 2 nitrogen and oxygen atoms in total. The molecule has 0 bridgehead atoms. The van der Waals surface area contributed by atoms with Crippen LogP contribution in [0.2, 0.25) is 0 Å². The number of nitrogen functional groups attached to an aromatic ring is 1. The zero-order valence-electron chi connectivity index (χ0n) is 8.62. The molecule has 2 rings (SSSR count). The fourth-order valence-corrected chi connectivity index (χ4v) is 1.97. The number of hydrogen-bond donors (Lipinski definition) is 1. The molecule has 1 atom stereocenters. The van der Waals surface area contributed by atoms with Crippen LogP contribution in [0.15, 0.2) is 18.2 Å². The van der Waals surface area contributed by atoms with E-state index < -0.39 is 0 Å². The van der Waals surface area contributed by atoms with Crippen LogP contribution >= 0.6 is 0 Å². The van der Waals surface area contributed by atoms with Gasteiger partial charge in [-0.25, -0.2) is 0 Å². The summed E-state index contributed by atoms with van der Waals surface area (Å²) in [6.45, 7) is 2.96. The molecule has 76 valence electrons. The lowest BCUT2D eigenvalue weighted by molar-refractivity contribution is 0.111. The van der Waals surface area contributed by atoms with E-state index in [1.54, 1.807) is 0 Å². The van der Waals surface area contributed by atoms with E-state index in [4.69, 9.17) is 10.5 Å². The lowest BCUT2D eigenvalue weighted by atomic mass is 10.0. The van der Waals surface area contributed by atoms with Crippen molar-refractivity contribution in [2.75, 3.05) is 12.3 Å². The standard InChI is InChI=1S/C12H17NO/c1-9-4-2-5-10(12(9)13)8-11-6-3-7-14-11/h2,4-5,11H,3,6-8,13H2,1H3. The van der Waals surface area contributed by atoms with E-state index >= 15 is 0 Å². The molecular weight excluding hydrogens is 174 g/mol. The predicted octanol–water partition coefficient (Wildman–Crippen LogP) is 2.30. The second kappa shape index (κ2) is 4.01. The monoisotopic (exact) mass is 191 g/mol. The highest BCUT2D eigenvalue weighted by Crippen LogP contribution is 2.22. The molecular formula is C12H17NO. The Labute approximate surface area is 85.1 Å². The van der Waals surface area contributed by atoms with Crippen molar-refractivity contribution in [2.24, 2.45) is 0 Å². The number of anilines is 1. The van der Waals surface area contributed by atoms with Crippen LogP contribution in [0.1, 0.15) is 24.0 Å². The molecule has 0 amide bonds. The van der Waals surface area contributed by atoms with Gasteiger partial charge in [0.25, 0.3) is 0 Å². The first kappa shape index (κ1) is 9.53. The highest BCUT2D eigenvalue weighted by Gasteiger charge is 2.17. The van der Waals surface area contributed by atoms with E-state index in [1.165, 1.54) is 24.0 Å². The third-order valence-corrected chi connectivity index (χ3v) is 2.89. The number of para-hydroxylation sites is 1. The molecule has 1 aromatic rings. The summed E-state index contributed by atoms with van der Waals surface area (Å²) in [6, 6.07) is 6.22. The van der Waals surface area contributed by atoms with Crippen molar-refractivity contribution in [3.63, 3.8) is 0 Å². The van der Waals surface area contributed by atoms with Gasteiger partial charge in [0, 0.05) is 18.7 Å². The lowest BCUT2D eigenvalue weighted by Gasteiger charge is -2.12. The van der Waals surface area contributed by atoms with Crippen LogP contribution in [-0.4, -0.2) is 12.7 Å². The van der Waals surface area contributed by atoms with E-state index in [9.17, 15) is 0 Å². The Morgan fingerprint density at radius 2 is 2.36 bits per heavy atom. The number of nitrogens with two attached hydrogens (primary N) is 1. The Morgan fingerprint density at radius 1 is 1.50 bits per heavy atom. The average molecular weight is 191 g/mol. The van der Waals surface area contributed by atoms with E-state index in [1.807, 2.05) is 13.0 Å². The largest absolute Gasteiger partial charge is 0.398 e. The minimum Gasteiger partial charge on any atom is -0.398 e. The first-order valence-corrected chi connectivity index (χ1v) is 5.23. The fourth-order valence-electron chi connectivity index (χ4n) is 1.97. The van der Waals surface area contributed by atoms with Crippen LogP contribution < -0.4 is 5.73 Å². The molecule has 0 radical (unpaired) electrons. The highest BCUT2D eigenvalue weighted by molar-refractivity contribution is 5.53. The van der Waals surface area contributed by atoms with Crippen LogP contribution in [-0.2, 0) is 11.2 Å². The summed E-state index contributed by atoms with van der Waals surface area (Å²) in [5.41, 5.74) is 9.34. The van der Waals surface area contributed by atoms with Gasteiger partial charge in [0.15, 0.2) is 0 Å². The average Bonchev–Trinajstić information content (AvgIpc) is 2.66. The molecule has 1 saturated heterocycles. The van der Waals surface area contributed by atoms with Crippen LogP contribution in [0, 0.1) is 6.92 Å². The maximum Gasteiger partial charge on any atom is 0.0617 e. The summed E-state index contributed by atoms with van der Waals surface area (Å²) in [6.07, 6.45) is 3.72. The molecule has 0 spiro atoms. The van der Waals surface area contributed by atoms with Gasteiger partial charge in [0.2, 0.25) is 0 Å². The third kappa shape index (κ3) is 1.90. The Morgan fingerprint density at radius 3 is 3.07 bits per heavy atom. The summed E-state index contributed by atoms with van der Waals surface area (Å²) < 4.78 is 5.60. The highest BCUT2D eigenvalue weighted by atomic mass is 16.5. The predicted molar refractivity (Wildman–Crippen MR) is 58.3 cm³/mol. The van der Waals surface area contributed by atoms with E-state index in [0.717, 1.165) is 18.7 Å². The number of benzene rings is 1. The third-order valence-electron chi connectivity index (χ3n) is 2.89. The summed E-state index contributed by atoms with van der Waals surface area (Å²) in [4.78, 5) is 0. The summed E-state index contributed by atoms with van der Waals surface area (Å²) in [5, 5.41) is 0. The normalized spacial score (nSPS) is 21.4. The van der Waals surface area contributed by atoms with E-state index in [2.05, 4.69) is 12.1 Å². The van der Waals surface area contributed by atoms with Crippen LogP contribution in [0.25, 0.3) is 0 Å². The second-order valence-electron chi connectivity index (χ2n) is 3.99. The topological polar surface area (TPSA) is 35.2 Å². The first-order valence-electron chi connectivity index (χ1n) is 5.23. The van der Waals surface area contributed by atoms with Crippen molar-refractivity contribution in [1.29, 1.82) is 0 Å². The molecule has 1 aromatic carbocycles. The van der Waals surface area contributed by atoms with Gasteiger partial charge in [0.1, 0.15) is 0 Å². The molecule has 1 aliphatic rings. The molecule has 0 aromatic heterocycles. The van der Waals surface area contributed by atoms with Gasteiger partial charge in [0.05, 0.1) is 6.10 Å². The molecule has 1 aliphatic heterocycles. The molecule has 0 aliphatic carbocycles. The van der Waals surface area contributed by atoms with Gasteiger partial charge in [-0.3, -0.25) is 0 Å². The minimum atomic E-state index is 0.388. The molecule has 2 N–H and O–H groups in total. The number of hydrogen-bond acceptors (Lipinski definition) is 2. The van der Waals surface area contributed by atoms with Gasteiger partial charge in [-0.05, 0) is 30.9 Å². The van der Waals surface area contributed by atoms with Gasteiger partial charge in [-0.15, -0.1) is 0 Å². The Bertz CT molecular complexity index is 316. The SMILES string of the molecule is Cc1cccc(CC2CCCO2)c1N. The lowest BCUT2D eigenvalue weighted by Crippen LogP contribution is -2.10. The number of rotatable bonds is 2. The molecule has 1 heterocycles. The molecule has 0 saturated carbocycles. The molecule has 1 unspecified atom stereocenters. The first-order chi connectivity index (χ1) is 6.77. The quantitative estimate of drug-likeness (QED) is 0.728. The summed E-state index contributed by atoms with van der Waals surface area (Å²) >= 11 is 0. The van der Waals surface area contributed by atoms with E-state index in [0.29, 0.717) is 6.10 Å². The minimum absolute atomic E-state index is 0.388. The maximum atomic E-state index is 6.01. The summed E-state index contributed by atoms with van der Waals surface area (Å²) in [7, 11) is 0. The number of aryl methyl sites for hydroxylation is 1. The summed E-state index contributed by atoms with van der Waals surface area (Å²) in [5.74, 6) is 0. The smallest absolute Gasteiger partial charge is 0.0617 e. The molecule has 14 heavy (non-hydrogen) atoms. The molecule has 1 fully saturated rings. The van der Waals surface area contributed by atoms with Crippen LogP contribution in [0.4, 0.5) is 5.69 Å². The van der Waals surface area contributed by atoms with Crippen molar-refractivity contribution in [2.45, 2.75) is 32.3 Å². The Kier molecular flexibility index (Phi) is 2.73. The van der Waals surface area contributed by atoms with Crippen molar-refractivity contribution in [3.05, 3.63) is 29.3 Å². The van der Waals surface area contributed by atoms with Crippen molar-refractivity contribution in [3.8, 4) is 0 Å². The van der Waals surface area contributed by atoms with Crippen LogP contribution in [0.3, 0.4) is 0 Å². The van der Waals surface area contributed by atoms with Gasteiger partial charge in [-0.1, -0.05) is 18.2 Å². The van der Waals surface area contributed by atoms with Crippen LogP contribution in [0.5, 0.6) is 0 Å². The van der Waals surface area contributed by atoms with Crippen molar-refractivity contribution >= 4 is 5.69 Å². The van der Waals surface area contributed by atoms with Gasteiger partial charge < -0.3 is 10.5 Å². The Balaban J connectivity index is 2.11. The van der Waals surface area contributed by atoms with Gasteiger partial charge >= 0.3 is 0 Å². The van der Waals surface area contributed by atoms with Crippen molar-refractivity contribution < 1.29 is 4.74 Å². The molecule has 2 heteroatoms. The van der Waals surface area contributed by atoms with E-state index in [-0.39, 0.29) is 0 Å². The number of ether oxygens (including phenoxy) is 1. The van der Waals surface area contributed by atoms with Crippen molar-refractivity contribution in [1.82, 2.24) is 0 Å². The maximum absolute atomic E-state index is 6.01. The Hall–Kier alpha value is -1.02.